The van der Waals surface area contributed by atoms with E-state index in [-0.39, 0.29) is 16.5 Å². The summed E-state index contributed by atoms with van der Waals surface area (Å²) in [5.41, 5.74) is -0.436. The van der Waals surface area contributed by atoms with Crippen molar-refractivity contribution in [2.24, 2.45) is 0 Å². The molecule has 0 amide bonds. The average molecular weight is 258 g/mol. The molecule has 0 unspecified atom stereocenters. The minimum atomic E-state index is -0.878. The Balaban J connectivity index is 2.75. The minimum absolute atomic E-state index is 0.167. The number of pyridine rings is 1. The van der Waals surface area contributed by atoms with Crippen LogP contribution in [-0.2, 0) is 4.74 Å². The first-order valence-corrected chi connectivity index (χ1v) is 4.95. The van der Waals surface area contributed by atoms with Crippen LogP contribution in [0.1, 0.15) is 10.4 Å². The lowest BCUT2D eigenvalue weighted by molar-refractivity contribution is 0.0596. The highest BCUT2D eigenvalue weighted by Gasteiger charge is 2.17. The maximum Gasteiger partial charge on any atom is 0.340 e. The number of benzene rings is 1. The second kappa shape index (κ2) is 4.25. The molecule has 0 aliphatic heterocycles. The Morgan fingerprint density at radius 1 is 1.41 bits per heavy atom. The Morgan fingerprint density at radius 3 is 2.76 bits per heavy atom. The van der Waals surface area contributed by atoms with E-state index in [1.54, 1.807) is 0 Å². The van der Waals surface area contributed by atoms with Gasteiger partial charge in [-0.05, 0) is 12.1 Å². The van der Waals surface area contributed by atoms with E-state index in [0.717, 1.165) is 13.2 Å². The second-order valence-electron chi connectivity index (χ2n) is 3.25. The van der Waals surface area contributed by atoms with Gasteiger partial charge in [0, 0.05) is 5.39 Å². The molecule has 0 saturated heterocycles. The van der Waals surface area contributed by atoms with Gasteiger partial charge in [0.2, 0.25) is 0 Å². The summed E-state index contributed by atoms with van der Waals surface area (Å²) in [6.07, 6.45) is 0. The number of nitrogens with zero attached hydrogens (tertiary/aromatic N) is 1. The first-order valence-electron chi connectivity index (χ1n) is 4.57. The van der Waals surface area contributed by atoms with Gasteiger partial charge in [0.25, 0.3) is 0 Å². The van der Waals surface area contributed by atoms with Crippen LogP contribution < -0.4 is 0 Å². The molecular formula is C11H6ClF2NO2. The van der Waals surface area contributed by atoms with Crippen LogP contribution in [-0.4, -0.2) is 18.1 Å². The van der Waals surface area contributed by atoms with Gasteiger partial charge in [-0.1, -0.05) is 17.7 Å². The highest BCUT2D eigenvalue weighted by molar-refractivity contribution is 6.30. The summed E-state index contributed by atoms with van der Waals surface area (Å²) in [6.45, 7) is 0. The molecule has 0 fully saturated rings. The highest BCUT2D eigenvalue weighted by atomic mass is 35.5. The Labute approximate surface area is 100.0 Å². The predicted octanol–water partition coefficient (Wildman–Crippen LogP) is 2.95. The molecule has 0 aliphatic carbocycles. The van der Waals surface area contributed by atoms with Crippen molar-refractivity contribution in [2.45, 2.75) is 0 Å². The number of carbonyl (C=O) groups is 1. The van der Waals surface area contributed by atoms with Crippen molar-refractivity contribution in [3.63, 3.8) is 0 Å². The second-order valence-corrected chi connectivity index (χ2v) is 3.61. The van der Waals surface area contributed by atoms with Crippen LogP contribution in [0.3, 0.4) is 0 Å². The highest BCUT2D eigenvalue weighted by Crippen LogP contribution is 2.24. The summed E-state index contributed by atoms with van der Waals surface area (Å²) in [7, 11) is 1.14. The van der Waals surface area contributed by atoms with E-state index in [1.807, 2.05) is 0 Å². The lowest BCUT2D eigenvalue weighted by Crippen LogP contribution is -2.05. The van der Waals surface area contributed by atoms with Crippen LogP contribution in [0.15, 0.2) is 18.2 Å². The molecule has 2 aromatic rings. The van der Waals surface area contributed by atoms with Crippen molar-refractivity contribution in [1.82, 2.24) is 4.98 Å². The van der Waals surface area contributed by atoms with Crippen LogP contribution in [0.5, 0.6) is 0 Å². The summed E-state index contributed by atoms with van der Waals surface area (Å²) in [6, 6.07) is 3.63. The fourth-order valence-electron chi connectivity index (χ4n) is 1.42. The van der Waals surface area contributed by atoms with Crippen molar-refractivity contribution in [2.75, 3.05) is 7.11 Å². The van der Waals surface area contributed by atoms with Crippen LogP contribution in [0, 0.1) is 11.6 Å². The summed E-state index contributed by atoms with van der Waals surface area (Å²) in [5, 5.41) is -0.226. The Bertz CT molecular complexity index is 616. The molecule has 17 heavy (non-hydrogen) atoms. The monoisotopic (exact) mass is 257 g/mol. The van der Waals surface area contributed by atoms with Crippen molar-refractivity contribution in [3.8, 4) is 0 Å². The largest absolute Gasteiger partial charge is 0.465 e. The van der Waals surface area contributed by atoms with Gasteiger partial charge in [-0.2, -0.15) is 0 Å². The quantitative estimate of drug-likeness (QED) is 0.582. The van der Waals surface area contributed by atoms with Gasteiger partial charge in [0.15, 0.2) is 16.8 Å². The molecule has 0 N–H and O–H groups in total. The number of esters is 1. The standard InChI is InChI=1S/C11H6ClF2NO2/c1-17-11(16)6-3-2-5-4-7(13)10(12)15-9(5)8(6)14/h2-4H,1H3. The van der Waals surface area contributed by atoms with Gasteiger partial charge < -0.3 is 4.74 Å². The smallest absolute Gasteiger partial charge is 0.340 e. The van der Waals surface area contributed by atoms with Gasteiger partial charge in [-0.15, -0.1) is 0 Å². The first kappa shape index (κ1) is 11.7. The zero-order valence-electron chi connectivity index (χ0n) is 8.63. The van der Waals surface area contributed by atoms with Gasteiger partial charge >= 0.3 is 5.97 Å². The molecule has 0 radical (unpaired) electrons. The first-order chi connectivity index (χ1) is 8.04. The topological polar surface area (TPSA) is 39.2 Å². The zero-order valence-corrected chi connectivity index (χ0v) is 9.39. The van der Waals surface area contributed by atoms with Gasteiger partial charge in [0.1, 0.15) is 5.52 Å². The summed E-state index contributed by atoms with van der Waals surface area (Å²) < 4.78 is 31.4. The Kier molecular flexibility index (Phi) is 2.93. The number of halogens is 3. The van der Waals surface area contributed by atoms with Crippen LogP contribution >= 0.6 is 11.6 Å². The molecular weight excluding hydrogens is 252 g/mol. The summed E-state index contributed by atoms with van der Waals surface area (Å²) in [5.74, 6) is -2.45. The molecule has 0 atom stereocenters. The van der Waals surface area contributed by atoms with E-state index in [9.17, 15) is 13.6 Å². The van der Waals surface area contributed by atoms with Crippen molar-refractivity contribution in [1.29, 1.82) is 0 Å². The van der Waals surface area contributed by atoms with Crippen LogP contribution in [0.2, 0.25) is 5.15 Å². The maximum atomic E-state index is 13.9. The molecule has 3 nitrogen and oxygen atoms in total. The van der Waals surface area contributed by atoms with Crippen LogP contribution in [0.4, 0.5) is 8.78 Å². The predicted molar refractivity (Wildman–Crippen MR) is 58.0 cm³/mol. The molecule has 1 aromatic heterocycles. The Morgan fingerprint density at radius 2 is 2.12 bits per heavy atom. The number of hydrogen-bond donors (Lipinski definition) is 0. The average Bonchev–Trinajstić information content (AvgIpc) is 2.31. The molecule has 0 aliphatic rings. The van der Waals surface area contributed by atoms with E-state index in [0.29, 0.717) is 0 Å². The third-order valence-corrected chi connectivity index (χ3v) is 2.51. The van der Waals surface area contributed by atoms with Gasteiger partial charge in [-0.3, -0.25) is 0 Å². The number of carbonyl (C=O) groups excluding carboxylic acids is 1. The minimum Gasteiger partial charge on any atom is -0.465 e. The van der Waals surface area contributed by atoms with E-state index in [4.69, 9.17) is 11.6 Å². The fourth-order valence-corrected chi connectivity index (χ4v) is 1.56. The zero-order chi connectivity index (χ0) is 12.6. The molecule has 0 bridgehead atoms. The maximum absolute atomic E-state index is 13.9. The fraction of sp³-hybridized carbons (Fsp3) is 0.0909. The Hall–Kier alpha value is -1.75. The number of methoxy groups -OCH3 is 1. The lowest BCUT2D eigenvalue weighted by atomic mass is 10.1. The normalized spacial score (nSPS) is 10.6. The van der Waals surface area contributed by atoms with E-state index >= 15 is 0 Å². The molecule has 1 heterocycles. The number of aromatic nitrogens is 1. The lowest BCUT2D eigenvalue weighted by Gasteiger charge is -2.05. The molecule has 0 saturated carbocycles. The molecule has 88 valence electrons. The van der Waals surface area contributed by atoms with E-state index in [2.05, 4.69) is 9.72 Å². The third-order valence-electron chi connectivity index (χ3n) is 2.24. The van der Waals surface area contributed by atoms with Crippen LogP contribution in [0.25, 0.3) is 10.9 Å². The number of hydrogen-bond acceptors (Lipinski definition) is 3. The summed E-state index contributed by atoms with van der Waals surface area (Å²) >= 11 is 5.46. The van der Waals surface area contributed by atoms with Crippen molar-refractivity contribution < 1.29 is 18.3 Å². The van der Waals surface area contributed by atoms with Gasteiger partial charge in [-0.25, -0.2) is 18.6 Å². The molecule has 1 aromatic carbocycles. The molecule has 0 spiro atoms. The van der Waals surface area contributed by atoms with Crippen molar-refractivity contribution in [3.05, 3.63) is 40.6 Å². The molecule has 2 rings (SSSR count). The van der Waals surface area contributed by atoms with Crippen molar-refractivity contribution >= 4 is 28.5 Å². The molecule has 6 heteroatoms. The SMILES string of the molecule is COC(=O)c1ccc2cc(F)c(Cl)nc2c1F. The number of fused-ring (bicyclic) bond motifs is 1. The summed E-state index contributed by atoms with van der Waals surface area (Å²) in [4.78, 5) is 14.8. The third kappa shape index (κ3) is 1.93. The van der Waals surface area contributed by atoms with E-state index in [1.165, 1.54) is 12.1 Å². The number of ether oxygens (including phenoxy) is 1. The number of rotatable bonds is 1. The van der Waals surface area contributed by atoms with E-state index < -0.39 is 22.8 Å². The van der Waals surface area contributed by atoms with Gasteiger partial charge in [0.05, 0.1) is 12.7 Å².